The fraction of sp³-hybridized carbons (Fsp3) is 0.636. The normalized spacial score (nSPS) is 19.4. The summed E-state index contributed by atoms with van der Waals surface area (Å²) < 4.78 is 10.3. The Morgan fingerprint density at radius 1 is 1.56 bits per heavy atom. The average Bonchev–Trinajstić information content (AvgIpc) is 2.17. The Hall–Kier alpha value is -1.54. The number of nitrogens with zero attached hydrogens (tertiary/aromatic N) is 1. The molecule has 1 saturated heterocycles. The molecule has 1 aliphatic rings. The summed E-state index contributed by atoms with van der Waals surface area (Å²) in [5, 5.41) is 2.98. The lowest BCUT2D eigenvalue weighted by Crippen LogP contribution is -2.32. The minimum Gasteiger partial charge on any atom is -0.465 e. The second-order valence-electron chi connectivity index (χ2n) is 4.42. The third kappa shape index (κ3) is 3.55. The van der Waals surface area contributed by atoms with Crippen molar-refractivity contribution in [2.45, 2.75) is 26.4 Å². The van der Waals surface area contributed by atoms with Gasteiger partial charge in [-0.2, -0.15) is 0 Å². The van der Waals surface area contributed by atoms with E-state index in [1.165, 1.54) is 0 Å². The molecule has 1 N–H and O–H groups in total. The summed E-state index contributed by atoms with van der Waals surface area (Å²) in [7, 11) is 0. The van der Waals surface area contributed by atoms with Crippen LogP contribution in [0.25, 0.3) is 4.85 Å². The number of rotatable bonds is 1. The van der Waals surface area contributed by atoms with Crippen molar-refractivity contribution in [3.63, 3.8) is 0 Å². The molecule has 88 valence electrons. The van der Waals surface area contributed by atoms with Gasteiger partial charge >= 0.3 is 5.97 Å². The molecular formula is C11H16N2O3. The Kier molecular flexibility index (Phi) is 3.91. The van der Waals surface area contributed by atoms with Crippen molar-refractivity contribution in [3.8, 4) is 0 Å². The monoisotopic (exact) mass is 224 g/mol. The number of nitrogens with one attached hydrogen (secondary N) is 1. The Morgan fingerprint density at radius 2 is 2.25 bits per heavy atom. The molecule has 0 amide bonds. The van der Waals surface area contributed by atoms with E-state index in [9.17, 15) is 4.79 Å². The highest BCUT2D eigenvalue weighted by molar-refractivity contribution is 5.91. The first kappa shape index (κ1) is 12.5. The van der Waals surface area contributed by atoms with Crippen LogP contribution in [-0.4, -0.2) is 31.3 Å². The maximum absolute atomic E-state index is 11.7. The van der Waals surface area contributed by atoms with Crippen LogP contribution in [0.15, 0.2) is 11.4 Å². The summed E-state index contributed by atoms with van der Waals surface area (Å²) >= 11 is 0. The molecule has 0 unspecified atom stereocenters. The topological polar surface area (TPSA) is 51.9 Å². The van der Waals surface area contributed by atoms with E-state index >= 15 is 0 Å². The van der Waals surface area contributed by atoms with E-state index in [1.807, 2.05) is 0 Å². The fourth-order valence-corrected chi connectivity index (χ4v) is 1.21. The van der Waals surface area contributed by atoms with Crippen molar-refractivity contribution in [2.24, 2.45) is 0 Å². The van der Waals surface area contributed by atoms with Gasteiger partial charge in [-0.05, 0) is 20.8 Å². The third-order valence-corrected chi connectivity index (χ3v) is 1.82. The van der Waals surface area contributed by atoms with E-state index in [4.69, 9.17) is 16.0 Å². The Bertz CT molecular complexity index is 339. The number of hydrogen-bond donors (Lipinski definition) is 1. The van der Waals surface area contributed by atoms with Crippen LogP contribution >= 0.6 is 0 Å². The second kappa shape index (κ2) is 4.99. The van der Waals surface area contributed by atoms with Crippen molar-refractivity contribution in [1.82, 2.24) is 5.32 Å². The zero-order valence-electron chi connectivity index (χ0n) is 9.79. The molecule has 0 aliphatic carbocycles. The molecule has 5 nitrogen and oxygen atoms in total. The van der Waals surface area contributed by atoms with Gasteiger partial charge in [0.15, 0.2) is 0 Å². The Labute approximate surface area is 95.2 Å². The van der Waals surface area contributed by atoms with Crippen molar-refractivity contribution < 1.29 is 14.3 Å². The van der Waals surface area contributed by atoms with Gasteiger partial charge in [0.2, 0.25) is 0 Å². The van der Waals surface area contributed by atoms with Gasteiger partial charge in [-0.1, -0.05) is 0 Å². The predicted octanol–water partition coefficient (Wildman–Crippen LogP) is 1.08. The van der Waals surface area contributed by atoms with Crippen molar-refractivity contribution in [3.05, 3.63) is 22.8 Å². The van der Waals surface area contributed by atoms with Crippen LogP contribution in [0, 0.1) is 6.57 Å². The van der Waals surface area contributed by atoms with Gasteiger partial charge in [0, 0.05) is 12.2 Å². The summed E-state index contributed by atoms with van der Waals surface area (Å²) in [5.74, 6) is -0.601. The molecule has 0 radical (unpaired) electrons. The van der Waals surface area contributed by atoms with Gasteiger partial charge in [-0.15, -0.1) is 0 Å². The molecular weight excluding hydrogens is 208 g/mol. The van der Waals surface area contributed by atoms with Crippen LogP contribution in [0.3, 0.4) is 0 Å². The Balaban J connectivity index is 2.82. The van der Waals surface area contributed by atoms with E-state index in [1.54, 1.807) is 20.8 Å². The minimum atomic E-state index is -0.601. The van der Waals surface area contributed by atoms with Crippen LogP contribution < -0.4 is 5.32 Å². The molecule has 0 aromatic rings. The summed E-state index contributed by atoms with van der Waals surface area (Å²) in [6.45, 7) is 13.8. The molecule has 0 aromatic heterocycles. The van der Waals surface area contributed by atoms with Gasteiger partial charge in [0.25, 0.3) is 5.70 Å². The van der Waals surface area contributed by atoms with Crippen molar-refractivity contribution >= 4 is 5.97 Å². The fourth-order valence-electron chi connectivity index (χ4n) is 1.21. The van der Waals surface area contributed by atoms with Crippen LogP contribution in [0.2, 0.25) is 0 Å². The highest BCUT2D eigenvalue weighted by atomic mass is 16.6. The largest absolute Gasteiger partial charge is 0.465 e. The number of morpholine rings is 1. The van der Waals surface area contributed by atoms with E-state index in [2.05, 4.69) is 10.2 Å². The van der Waals surface area contributed by atoms with E-state index in [0.29, 0.717) is 18.8 Å². The number of ether oxygens (including phenoxy) is 2. The number of carbonyl (C=O) groups excluding carboxylic acids is 1. The lowest BCUT2D eigenvalue weighted by molar-refractivity contribution is -0.149. The van der Waals surface area contributed by atoms with Crippen LogP contribution in [0.4, 0.5) is 0 Å². The zero-order valence-corrected chi connectivity index (χ0v) is 9.79. The van der Waals surface area contributed by atoms with E-state index in [-0.39, 0.29) is 12.3 Å². The third-order valence-electron chi connectivity index (χ3n) is 1.82. The molecule has 1 aliphatic heterocycles. The quantitative estimate of drug-likeness (QED) is 0.411. The molecule has 0 saturated carbocycles. The van der Waals surface area contributed by atoms with Gasteiger partial charge in [0.05, 0.1) is 19.8 Å². The van der Waals surface area contributed by atoms with E-state index < -0.39 is 11.6 Å². The molecule has 1 fully saturated rings. The molecule has 0 aromatic carbocycles. The Morgan fingerprint density at radius 3 is 2.69 bits per heavy atom. The van der Waals surface area contributed by atoms with Gasteiger partial charge in [-0.25, -0.2) is 4.85 Å². The van der Waals surface area contributed by atoms with Crippen LogP contribution in [-0.2, 0) is 14.3 Å². The summed E-state index contributed by atoms with van der Waals surface area (Å²) in [6.07, 6.45) is 0. The summed E-state index contributed by atoms with van der Waals surface area (Å²) in [5.41, 5.74) is -0.103. The first-order chi connectivity index (χ1) is 7.44. The van der Waals surface area contributed by atoms with Crippen LogP contribution in [0.1, 0.15) is 20.8 Å². The lowest BCUT2D eigenvalue weighted by atomic mass is 10.2. The zero-order chi connectivity index (χ0) is 12.2. The van der Waals surface area contributed by atoms with Crippen molar-refractivity contribution in [2.75, 3.05) is 19.8 Å². The van der Waals surface area contributed by atoms with Gasteiger partial charge in [0.1, 0.15) is 5.60 Å². The standard InChI is InChI=1S/C11H16N2O3/c1-11(2,3)16-10(14)9(12-4)8-7-15-6-5-13-8/h13H,5-7H2,1-3H3/b9-8+. The maximum Gasteiger partial charge on any atom is 0.338 e. The molecule has 5 heteroatoms. The highest BCUT2D eigenvalue weighted by Gasteiger charge is 2.24. The number of esters is 1. The number of carbonyl (C=O) groups is 1. The molecule has 0 bridgehead atoms. The first-order valence-electron chi connectivity index (χ1n) is 5.09. The molecule has 0 atom stereocenters. The predicted molar refractivity (Wildman–Crippen MR) is 58.3 cm³/mol. The van der Waals surface area contributed by atoms with Crippen LogP contribution in [0.5, 0.6) is 0 Å². The first-order valence-corrected chi connectivity index (χ1v) is 5.09. The molecule has 1 rings (SSSR count). The smallest absolute Gasteiger partial charge is 0.338 e. The van der Waals surface area contributed by atoms with Gasteiger partial charge < -0.3 is 14.8 Å². The summed E-state index contributed by atoms with van der Waals surface area (Å²) in [6, 6.07) is 0. The number of hydrogen-bond acceptors (Lipinski definition) is 4. The van der Waals surface area contributed by atoms with E-state index in [0.717, 1.165) is 0 Å². The van der Waals surface area contributed by atoms with Gasteiger partial charge in [-0.3, -0.25) is 4.79 Å². The average molecular weight is 224 g/mol. The highest BCUT2D eigenvalue weighted by Crippen LogP contribution is 2.15. The van der Waals surface area contributed by atoms with Crippen molar-refractivity contribution in [1.29, 1.82) is 0 Å². The minimum absolute atomic E-state index is 0.0189. The lowest BCUT2D eigenvalue weighted by Gasteiger charge is -2.22. The second-order valence-corrected chi connectivity index (χ2v) is 4.42. The maximum atomic E-state index is 11.7. The molecule has 1 heterocycles. The summed E-state index contributed by atoms with van der Waals surface area (Å²) in [4.78, 5) is 14.9. The molecule has 0 spiro atoms. The SMILES string of the molecule is [C-]#[N+]/C(C(=O)OC(C)(C)C)=C1\COCCN1. The molecule has 16 heavy (non-hydrogen) atoms.